The number of fused-ring (bicyclic) bond motifs is 1. The Bertz CT molecular complexity index is 1770. The number of nitrogens with two attached hydrogens (primary N) is 1. The Morgan fingerprint density at radius 3 is 2.39 bits per heavy atom. The van der Waals surface area contributed by atoms with Gasteiger partial charge in [0.05, 0.1) is 39.1 Å². The highest BCUT2D eigenvalue weighted by atomic mass is 35.5. The molecule has 1 saturated heterocycles. The van der Waals surface area contributed by atoms with E-state index in [1.165, 1.54) is 12.7 Å². The van der Waals surface area contributed by atoms with Crippen LogP contribution in [-0.2, 0) is 10.8 Å². The number of methoxy groups -OCH3 is 1. The molecule has 2 N–H and O–H groups in total. The molecule has 46 heavy (non-hydrogen) atoms. The Morgan fingerprint density at radius 2 is 1.72 bits per heavy atom. The van der Waals surface area contributed by atoms with Crippen molar-refractivity contribution in [3.05, 3.63) is 105 Å². The lowest BCUT2D eigenvalue weighted by molar-refractivity contribution is 0.0780. The second-order valence-electron chi connectivity index (χ2n) is 11.9. The van der Waals surface area contributed by atoms with Crippen molar-refractivity contribution in [1.82, 2.24) is 9.80 Å². The van der Waals surface area contributed by atoms with E-state index in [1.807, 2.05) is 54.6 Å². The maximum atomic E-state index is 14.2. The molecule has 4 aromatic rings. The first-order chi connectivity index (χ1) is 22.1. The van der Waals surface area contributed by atoms with Crippen LogP contribution in [0.5, 0.6) is 5.75 Å². The quantitative estimate of drug-likeness (QED) is 0.182. The Balaban J connectivity index is 1.36. The van der Waals surface area contributed by atoms with Crippen LogP contribution in [0.1, 0.15) is 62.9 Å². The summed E-state index contributed by atoms with van der Waals surface area (Å²) in [5, 5.41) is 2.35. The highest BCUT2D eigenvalue weighted by Crippen LogP contribution is 2.36. The number of carbonyl (C=O) groups excluding carboxylic acids is 2. The number of amides is 2. The number of ether oxygens (including phenoxy) is 1. The van der Waals surface area contributed by atoms with Gasteiger partial charge in [0.25, 0.3) is 11.8 Å². The molecular weight excluding hydrogens is 641 g/mol. The Kier molecular flexibility index (Phi) is 11.1. The molecule has 1 heterocycles. The second-order valence-corrected chi connectivity index (χ2v) is 14.0. The first-order valence-corrected chi connectivity index (χ1v) is 17.6. The SMILES string of the molecule is COc1c(C(N)=O)cc2ccccc2c1C(=O)N(C)C[C@@H](CCN1CCC(c2ccccc2[S@](C)=O)CC1)c1ccc(Cl)c(Cl)c1. The summed E-state index contributed by atoms with van der Waals surface area (Å²) in [5.41, 5.74) is 8.35. The minimum atomic E-state index is -1.02. The zero-order valence-electron chi connectivity index (χ0n) is 26.3. The van der Waals surface area contributed by atoms with Crippen molar-refractivity contribution in [1.29, 1.82) is 0 Å². The van der Waals surface area contributed by atoms with Crippen molar-refractivity contribution in [2.24, 2.45) is 5.73 Å². The van der Waals surface area contributed by atoms with E-state index in [0.717, 1.165) is 54.7 Å². The number of benzene rings is 4. The van der Waals surface area contributed by atoms with E-state index < -0.39 is 16.7 Å². The van der Waals surface area contributed by atoms with Gasteiger partial charge in [-0.3, -0.25) is 13.8 Å². The van der Waals surface area contributed by atoms with Gasteiger partial charge in [-0.25, -0.2) is 0 Å². The molecule has 0 spiro atoms. The summed E-state index contributed by atoms with van der Waals surface area (Å²) < 4.78 is 18.0. The van der Waals surface area contributed by atoms with E-state index in [-0.39, 0.29) is 23.1 Å². The maximum Gasteiger partial charge on any atom is 0.258 e. The summed E-state index contributed by atoms with van der Waals surface area (Å²) in [6, 6.07) is 22.8. The van der Waals surface area contributed by atoms with Crippen molar-refractivity contribution < 1.29 is 18.5 Å². The lowest BCUT2D eigenvalue weighted by Gasteiger charge is -2.34. The third kappa shape index (κ3) is 7.41. The van der Waals surface area contributed by atoms with Crippen molar-refractivity contribution in [3.63, 3.8) is 0 Å². The normalized spacial score (nSPS) is 15.4. The zero-order chi connectivity index (χ0) is 33.0. The summed E-state index contributed by atoms with van der Waals surface area (Å²) in [6.45, 7) is 3.11. The number of halogens is 2. The van der Waals surface area contributed by atoms with Crippen molar-refractivity contribution in [2.45, 2.75) is 36.0 Å². The lowest BCUT2D eigenvalue weighted by Crippen LogP contribution is -2.36. The molecule has 242 valence electrons. The number of piperidine rings is 1. The molecule has 4 aromatic carbocycles. The molecule has 0 aromatic heterocycles. The van der Waals surface area contributed by atoms with Crippen LogP contribution in [0.15, 0.2) is 77.7 Å². The van der Waals surface area contributed by atoms with Crippen LogP contribution in [0.3, 0.4) is 0 Å². The van der Waals surface area contributed by atoms with Crippen LogP contribution < -0.4 is 10.5 Å². The summed E-state index contributed by atoms with van der Waals surface area (Å²) in [4.78, 5) is 31.6. The van der Waals surface area contributed by atoms with E-state index >= 15 is 0 Å². The average Bonchev–Trinajstić information content (AvgIpc) is 3.06. The molecule has 10 heteroatoms. The van der Waals surface area contributed by atoms with Crippen molar-refractivity contribution in [3.8, 4) is 5.75 Å². The second kappa shape index (κ2) is 15.0. The van der Waals surface area contributed by atoms with Crippen LogP contribution in [0, 0.1) is 0 Å². The third-order valence-electron chi connectivity index (χ3n) is 8.99. The van der Waals surface area contributed by atoms with Crippen LogP contribution in [0.2, 0.25) is 10.0 Å². The van der Waals surface area contributed by atoms with Gasteiger partial charge in [-0.05, 0) is 91.0 Å². The minimum absolute atomic E-state index is 0.0405. The van der Waals surface area contributed by atoms with Gasteiger partial charge in [-0.15, -0.1) is 0 Å². The molecule has 0 radical (unpaired) electrons. The Hall–Kier alpha value is -3.43. The number of likely N-dealkylation sites (N-methyl/N-ethyl adjacent to an activating group) is 1. The Labute approximate surface area is 283 Å². The number of carbonyl (C=O) groups is 2. The fourth-order valence-electron chi connectivity index (χ4n) is 6.56. The molecule has 0 bridgehead atoms. The van der Waals surface area contributed by atoms with Gasteiger partial charge in [-0.1, -0.05) is 71.7 Å². The van der Waals surface area contributed by atoms with Gasteiger partial charge in [0.15, 0.2) is 0 Å². The topological polar surface area (TPSA) is 92.9 Å². The number of hydrogen-bond donors (Lipinski definition) is 1. The number of nitrogens with zero attached hydrogens (tertiary/aromatic N) is 2. The van der Waals surface area contributed by atoms with E-state index in [2.05, 4.69) is 11.0 Å². The highest BCUT2D eigenvalue weighted by molar-refractivity contribution is 7.84. The molecule has 0 aliphatic carbocycles. The van der Waals surface area contributed by atoms with E-state index in [9.17, 15) is 13.8 Å². The van der Waals surface area contributed by atoms with Crippen molar-refractivity contribution in [2.75, 3.05) is 46.6 Å². The first-order valence-electron chi connectivity index (χ1n) is 15.3. The highest BCUT2D eigenvalue weighted by Gasteiger charge is 2.28. The van der Waals surface area contributed by atoms with Crippen LogP contribution in [0.4, 0.5) is 0 Å². The molecule has 7 nitrogen and oxygen atoms in total. The monoisotopic (exact) mass is 679 g/mol. The molecular formula is C36H39Cl2N3O4S. The van der Waals surface area contributed by atoms with Gasteiger partial charge in [0, 0.05) is 30.7 Å². The molecule has 1 aliphatic heterocycles. The smallest absolute Gasteiger partial charge is 0.258 e. The van der Waals surface area contributed by atoms with Gasteiger partial charge in [-0.2, -0.15) is 0 Å². The number of primary amides is 1. The van der Waals surface area contributed by atoms with Crippen LogP contribution >= 0.6 is 23.2 Å². The maximum absolute atomic E-state index is 14.2. The third-order valence-corrected chi connectivity index (χ3v) is 10.7. The molecule has 0 saturated carbocycles. The number of likely N-dealkylation sites (tertiary alicyclic amines) is 1. The van der Waals surface area contributed by atoms with E-state index in [1.54, 1.807) is 30.3 Å². The molecule has 2 atom stereocenters. The van der Waals surface area contributed by atoms with E-state index in [0.29, 0.717) is 33.5 Å². The summed E-state index contributed by atoms with van der Waals surface area (Å²) in [6.07, 6.45) is 4.52. The molecule has 0 unspecified atom stereocenters. The van der Waals surface area contributed by atoms with Crippen molar-refractivity contribution >= 4 is 56.6 Å². The van der Waals surface area contributed by atoms with Gasteiger partial charge in [0.2, 0.25) is 0 Å². The van der Waals surface area contributed by atoms with Crippen LogP contribution in [-0.4, -0.2) is 72.4 Å². The fraction of sp³-hybridized carbons (Fsp3) is 0.333. The largest absolute Gasteiger partial charge is 0.495 e. The molecule has 1 aliphatic rings. The van der Waals surface area contributed by atoms with Gasteiger partial charge >= 0.3 is 0 Å². The lowest BCUT2D eigenvalue weighted by atomic mass is 9.88. The molecule has 1 fully saturated rings. The number of hydrogen-bond acceptors (Lipinski definition) is 5. The predicted molar refractivity (Wildman–Crippen MR) is 187 cm³/mol. The first kappa shape index (κ1) is 33.9. The predicted octanol–water partition coefficient (Wildman–Crippen LogP) is 7.12. The summed E-state index contributed by atoms with van der Waals surface area (Å²) in [7, 11) is 2.18. The van der Waals surface area contributed by atoms with Crippen LogP contribution in [0.25, 0.3) is 10.8 Å². The molecule has 5 rings (SSSR count). The van der Waals surface area contributed by atoms with E-state index in [4.69, 9.17) is 33.7 Å². The summed E-state index contributed by atoms with van der Waals surface area (Å²) in [5.74, 6) is -0.420. The minimum Gasteiger partial charge on any atom is -0.495 e. The van der Waals surface area contributed by atoms with Gasteiger partial charge < -0.3 is 20.3 Å². The standard InChI is InChI=1S/C36H39Cl2N3O4S/c1-40(36(43)33-28-10-5-4-8-25(28)20-29(35(39)42)34(33)45-2)22-26(24-12-13-30(37)31(38)21-24)16-19-41-17-14-23(15-18-41)27-9-6-7-11-32(27)46(3)44/h4-13,20-21,23,26H,14-19,22H2,1-3H3,(H2,39,42)/t26-,46+/m1/s1. The summed E-state index contributed by atoms with van der Waals surface area (Å²) >= 11 is 12.7. The Morgan fingerprint density at radius 1 is 1.02 bits per heavy atom. The number of rotatable bonds is 11. The zero-order valence-corrected chi connectivity index (χ0v) is 28.6. The fourth-order valence-corrected chi connectivity index (χ4v) is 7.70. The average molecular weight is 681 g/mol. The molecule has 2 amide bonds. The van der Waals surface area contributed by atoms with Gasteiger partial charge in [0.1, 0.15) is 5.75 Å².